The Morgan fingerprint density at radius 2 is 1.72 bits per heavy atom. The van der Waals surface area contributed by atoms with Crippen LogP contribution in [0, 0.1) is 3.57 Å². The van der Waals surface area contributed by atoms with Crippen molar-refractivity contribution in [3.05, 3.63) is 51.6 Å². The number of nitrogens with one attached hydrogen (secondary N) is 1. The average molecular weight is 360 g/mol. The number of anilines is 3. The molecule has 0 fully saturated rings. The minimum atomic E-state index is -2.56. The molecule has 0 aliphatic rings. The lowest BCUT2D eigenvalue weighted by Gasteiger charge is -2.12. The van der Waals surface area contributed by atoms with Crippen LogP contribution in [0.3, 0.4) is 0 Å². The zero-order chi connectivity index (χ0) is 13.1. The summed E-state index contributed by atoms with van der Waals surface area (Å²) in [6.07, 6.45) is -2.56. The Balaban J connectivity index is 2.31. The Labute approximate surface area is 117 Å². The van der Waals surface area contributed by atoms with E-state index in [9.17, 15) is 8.78 Å². The quantitative estimate of drug-likeness (QED) is 0.622. The van der Waals surface area contributed by atoms with Crippen molar-refractivity contribution in [1.82, 2.24) is 0 Å². The van der Waals surface area contributed by atoms with Crippen molar-refractivity contribution >= 4 is 39.7 Å². The summed E-state index contributed by atoms with van der Waals surface area (Å²) >= 11 is 2.18. The van der Waals surface area contributed by atoms with Crippen molar-refractivity contribution in [2.24, 2.45) is 0 Å². The van der Waals surface area contributed by atoms with E-state index >= 15 is 0 Å². The van der Waals surface area contributed by atoms with Gasteiger partial charge in [-0.2, -0.15) is 0 Å². The second-order valence-electron chi connectivity index (χ2n) is 3.78. The third-order valence-corrected chi connectivity index (χ3v) is 3.15. The minimum Gasteiger partial charge on any atom is -0.399 e. The van der Waals surface area contributed by atoms with E-state index < -0.39 is 6.43 Å². The van der Waals surface area contributed by atoms with Crippen molar-refractivity contribution in [3.8, 4) is 0 Å². The maximum atomic E-state index is 12.9. The summed E-state index contributed by atoms with van der Waals surface area (Å²) in [4.78, 5) is 0. The summed E-state index contributed by atoms with van der Waals surface area (Å²) in [7, 11) is 0. The van der Waals surface area contributed by atoms with Gasteiger partial charge in [0.05, 0.1) is 0 Å². The molecule has 0 radical (unpaired) electrons. The molecule has 2 aromatic rings. The Hall–Kier alpha value is -1.37. The van der Waals surface area contributed by atoms with Gasteiger partial charge in [0, 0.05) is 26.2 Å². The maximum absolute atomic E-state index is 12.9. The van der Waals surface area contributed by atoms with E-state index in [2.05, 4.69) is 27.9 Å². The Kier molecular flexibility index (Phi) is 4.00. The van der Waals surface area contributed by atoms with Gasteiger partial charge in [-0.1, -0.05) is 0 Å². The second kappa shape index (κ2) is 5.51. The number of benzene rings is 2. The zero-order valence-corrected chi connectivity index (χ0v) is 11.5. The molecule has 0 aliphatic heterocycles. The maximum Gasteiger partial charge on any atom is 0.265 e. The van der Waals surface area contributed by atoms with Gasteiger partial charge in [0.1, 0.15) is 0 Å². The highest BCUT2D eigenvalue weighted by Gasteiger charge is 2.13. The van der Waals surface area contributed by atoms with Gasteiger partial charge in [-0.15, -0.1) is 0 Å². The molecule has 0 bridgehead atoms. The fourth-order valence-corrected chi connectivity index (χ4v) is 1.92. The fourth-order valence-electron chi connectivity index (χ4n) is 1.56. The normalized spacial score (nSPS) is 10.7. The van der Waals surface area contributed by atoms with E-state index in [0.29, 0.717) is 11.4 Å². The molecule has 2 rings (SSSR count). The molecule has 0 amide bonds. The number of hydrogen-bond donors (Lipinski definition) is 2. The third kappa shape index (κ3) is 3.10. The Bertz CT molecular complexity index is 541. The van der Waals surface area contributed by atoms with Crippen LogP contribution in [0.15, 0.2) is 42.5 Å². The predicted molar refractivity (Wildman–Crippen MR) is 78.3 cm³/mol. The summed E-state index contributed by atoms with van der Waals surface area (Å²) in [6.45, 7) is 0. The van der Waals surface area contributed by atoms with Gasteiger partial charge in [0.15, 0.2) is 0 Å². The molecule has 5 heteroatoms. The highest BCUT2D eigenvalue weighted by atomic mass is 127. The molecule has 2 nitrogen and oxygen atoms in total. The first-order chi connectivity index (χ1) is 8.56. The molecule has 94 valence electrons. The fraction of sp³-hybridized carbons (Fsp3) is 0.0769. The van der Waals surface area contributed by atoms with E-state index in [1.807, 2.05) is 24.3 Å². The highest BCUT2D eigenvalue weighted by Crippen LogP contribution is 2.31. The molecule has 0 heterocycles. The summed E-state index contributed by atoms with van der Waals surface area (Å²) in [5, 5.41) is 2.97. The number of nitrogen functional groups attached to an aromatic ring is 1. The van der Waals surface area contributed by atoms with Crippen molar-refractivity contribution in [1.29, 1.82) is 0 Å². The molecule has 0 aromatic heterocycles. The van der Waals surface area contributed by atoms with Crippen molar-refractivity contribution in [3.63, 3.8) is 0 Å². The van der Waals surface area contributed by atoms with E-state index in [0.717, 1.165) is 9.26 Å². The highest BCUT2D eigenvalue weighted by molar-refractivity contribution is 14.1. The molecule has 0 spiro atoms. The predicted octanol–water partition coefficient (Wildman–Crippen LogP) is 4.55. The van der Waals surface area contributed by atoms with Gasteiger partial charge >= 0.3 is 0 Å². The van der Waals surface area contributed by atoms with E-state index in [4.69, 9.17) is 5.73 Å². The van der Waals surface area contributed by atoms with Gasteiger partial charge in [0.25, 0.3) is 6.43 Å². The first-order valence-corrected chi connectivity index (χ1v) is 6.34. The van der Waals surface area contributed by atoms with Gasteiger partial charge in [0.2, 0.25) is 0 Å². The molecule has 0 unspecified atom stereocenters. The van der Waals surface area contributed by atoms with Crippen molar-refractivity contribution in [2.75, 3.05) is 11.1 Å². The number of halogens is 3. The van der Waals surface area contributed by atoms with Crippen LogP contribution < -0.4 is 11.1 Å². The van der Waals surface area contributed by atoms with Crippen LogP contribution in [0.1, 0.15) is 12.0 Å². The second-order valence-corrected chi connectivity index (χ2v) is 5.02. The number of nitrogens with two attached hydrogens (primary N) is 1. The largest absolute Gasteiger partial charge is 0.399 e. The van der Waals surface area contributed by atoms with Crippen molar-refractivity contribution in [2.45, 2.75) is 6.43 Å². The summed E-state index contributed by atoms with van der Waals surface area (Å²) in [6, 6.07) is 11.9. The standard InChI is InChI=1S/C13H11F2IN2/c14-13(15)11-7-9(17)3-6-12(11)18-10-4-1-8(16)2-5-10/h1-7,13,18H,17H2. The number of hydrogen-bond acceptors (Lipinski definition) is 2. The zero-order valence-electron chi connectivity index (χ0n) is 9.33. The lowest BCUT2D eigenvalue weighted by atomic mass is 10.1. The van der Waals surface area contributed by atoms with Crippen LogP contribution >= 0.6 is 22.6 Å². The lowest BCUT2D eigenvalue weighted by molar-refractivity contribution is 0.152. The smallest absolute Gasteiger partial charge is 0.265 e. The lowest BCUT2D eigenvalue weighted by Crippen LogP contribution is -1.98. The van der Waals surface area contributed by atoms with Gasteiger partial charge in [-0.3, -0.25) is 0 Å². The molecule has 2 aromatic carbocycles. The minimum absolute atomic E-state index is 0.0893. The average Bonchev–Trinajstić information content (AvgIpc) is 2.34. The molecule has 0 aliphatic carbocycles. The molecular weight excluding hydrogens is 349 g/mol. The summed E-state index contributed by atoms with van der Waals surface area (Å²) in [5.74, 6) is 0. The monoisotopic (exact) mass is 360 g/mol. The van der Waals surface area contributed by atoms with Gasteiger partial charge in [-0.25, -0.2) is 8.78 Å². The van der Waals surface area contributed by atoms with E-state index in [1.54, 1.807) is 12.1 Å². The van der Waals surface area contributed by atoms with Crippen LogP contribution in [0.5, 0.6) is 0 Å². The van der Waals surface area contributed by atoms with E-state index in [1.165, 1.54) is 6.07 Å². The van der Waals surface area contributed by atoms with Crippen molar-refractivity contribution < 1.29 is 8.78 Å². The molecular formula is C13H11F2IN2. The third-order valence-electron chi connectivity index (χ3n) is 2.43. The SMILES string of the molecule is Nc1ccc(Nc2ccc(I)cc2)c(C(F)F)c1. The summed E-state index contributed by atoms with van der Waals surface area (Å²) in [5.41, 5.74) is 6.90. The topological polar surface area (TPSA) is 38.0 Å². The van der Waals surface area contributed by atoms with Crippen LogP contribution in [0.2, 0.25) is 0 Å². The van der Waals surface area contributed by atoms with Gasteiger partial charge in [-0.05, 0) is 65.1 Å². The molecule has 0 saturated heterocycles. The van der Waals surface area contributed by atoms with Crippen LogP contribution in [0.4, 0.5) is 25.8 Å². The Morgan fingerprint density at radius 3 is 2.33 bits per heavy atom. The first kappa shape index (κ1) is 13.1. The van der Waals surface area contributed by atoms with E-state index in [-0.39, 0.29) is 5.56 Å². The number of rotatable bonds is 3. The molecule has 0 atom stereocenters. The first-order valence-electron chi connectivity index (χ1n) is 5.26. The molecule has 0 saturated carbocycles. The van der Waals surface area contributed by atoms with Crippen LogP contribution in [0.25, 0.3) is 0 Å². The van der Waals surface area contributed by atoms with Crippen LogP contribution in [-0.2, 0) is 0 Å². The molecule has 18 heavy (non-hydrogen) atoms. The van der Waals surface area contributed by atoms with Crippen LogP contribution in [-0.4, -0.2) is 0 Å². The number of alkyl halides is 2. The van der Waals surface area contributed by atoms with Gasteiger partial charge < -0.3 is 11.1 Å². The Morgan fingerprint density at radius 1 is 1.06 bits per heavy atom. The molecule has 3 N–H and O–H groups in total. The summed E-state index contributed by atoms with van der Waals surface area (Å²) < 4.78 is 26.8.